The van der Waals surface area contributed by atoms with Crippen LogP contribution in [0.25, 0.3) is 0 Å². The number of allylic oxidation sites excluding steroid dienone is 5. The van der Waals surface area contributed by atoms with Crippen molar-refractivity contribution in [2.75, 3.05) is 7.05 Å². The van der Waals surface area contributed by atoms with Crippen molar-refractivity contribution in [3.05, 3.63) is 72.9 Å². The maximum absolute atomic E-state index is 10.2. The third kappa shape index (κ3) is 30.6. The summed E-state index contributed by atoms with van der Waals surface area (Å²) in [6, 6.07) is 12.0. The molecule has 3 N–H and O–H groups in total. The van der Waals surface area contributed by atoms with E-state index in [0.29, 0.717) is 0 Å². The first-order valence-corrected chi connectivity index (χ1v) is 11.6. The van der Waals surface area contributed by atoms with Crippen molar-refractivity contribution >= 4 is 5.97 Å². The number of hydrogen-bond donors (Lipinski definition) is 2. The molecule has 0 amide bonds. The Hall–Kier alpha value is -2.13. The van der Waals surface area contributed by atoms with Gasteiger partial charge in [-0.05, 0) is 19.9 Å². The number of carbonyl (C=O) groups is 1. The molecular weight excluding hydrogens is 370 g/mol. The monoisotopic (exact) mass is 415 g/mol. The highest BCUT2D eigenvalue weighted by atomic mass is 16.4. The quantitative estimate of drug-likeness (QED) is 0.175. The zero-order valence-corrected chi connectivity index (χ0v) is 19.3. The van der Waals surface area contributed by atoms with Gasteiger partial charge in [0.15, 0.2) is 0 Å². The van der Waals surface area contributed by atoms with Crippen LogP contribution in [0.3, 0.4) is 0 Å². The summed E-state index contributed by atoms with van der Waals surface area (Å²) >= 11 is 0. The van der Waals surface area contributed by atoms with Crippen LogP contribution in [0.2, 0.25) is 0 Å². The van der Waals surface area contributed by atoms with Crippen LogP contribution in [0.4, 0.5) is 0 Å². The van der Waals surface area contributed by atoms with Gasteiger partial charge in [0, 0.05) is 6.08 Å². The second kappa shape index (κ2) is 29.1. The first-order chi connectivity index (χ1) is 14.8. The molecule has 30 heavy (non-hydrogen) atoms. The van der Waals surface area contributed by atoms with Gasteiger partial charge in [-0.3, -0.25) is 0 Å². The van der Waals surface area contributed by atoms with Crippen molar-refractivity contribution in [3.8, 4) is 0 Å². The van der Waals surface area contributed by atoms with Crippen molar-refractivity contribution < 1.29 is 9.90 Å². The first-order valence-electron chi connectivity index (χ1n) is 11.6. The molecule has 0 atom stereocenters. The Bertz CT molecular complexity index is 494. The Morgan fingerprint density at radius 2 is 1.07 bits per heavy atom. The smallest absolute Gasteiger partial charge is 0.328 e. The average Bonchev–Trinajstić information content (AvgIpc) is 2.79. The molecule has 0 bridgehead atoms. The summed E-state index contributed by atoms with van der Waals surface area (Å²) in [5, 5.41) is 8.40. The number of nitrogens with two attached hydrogens (primary N) is 1. The summed E-state index contributed by atoms with van der Waals surface area (Å²) in [6.07, 6.45) is 26.7. The summed E-state index contributed by atoms with van der Waals surface area (Å²) < 4.78 is 0. The molecule has 3 heteroatoms. The normalized spacial score (nSPS) is 10.6. The second-order valence-corrected chi connectivity index (χ2v) is 6.99. The SMILES string of the molecule is CCCCCCCCCCCCCC=CC=CC=CC(=O)O.CN.c1ccccc1. The molecule has 0 saturated carbocycles. The molecule has 0 aliphatic rings. The molecule has 0 saturated heterocycles. The van der Waals surface area contributed by atoms with Crippen LogP contribution >= 0.6 is 0 Å². The Morgan fingerprint density at radius 1 is 0.667 bits per heavy atom. The molecule has 170 valence electrons. The fraction of sp³-hybridized carbons (Fsp3) is 0.519. The van der Waals surface area contributed by atoms with E-state index >= 15 is 0 Å². The van der Waals surface area contributed by atoms with E-state index in [-0.39, 0.29) is 0 Å². The minimum absolute atomic E-state index is 0.908. The predicted octanol–water partition coefficient (Wildman–Crippen LogP) is 7.70. The zero-order chi connectivity index (χ0) is 22.5. The Morgan fingerprint density at radius 3 is 1.50 bits per heavy atom. The highest BCUT2D eigenvalue weighted by Crippen LogP contribution is 2.11. The summed E-state index contributed by atoms with van der Waals surface area (Å²) in [5.41, 5.74) is 4.50. The maximum Gasteiger partial charge on any atom is 0.328 e. The van der Waals surface area contributed by atoms with E-state index < -0.39 is 5.97 Å². The van der Waals surface area contributed by atoms with Crippen LogP contribution in [-0.4, -0.2) is 18.1 Å². The van der Waals surface area contributed by atoms with E-state index in [9.17, 15) is 4.79 Å². The lowest BCUT2D eigenvalue weighted by Crippen LogP contribution is -1.84. The van der Waals surface area contributed by atoms with E-state index in [1.54, 1.807) is 6.08 Å². The minimum atomic E-state index is -0.908. The molecule has 1 aromatic rings. The lowest BCUT2D eigenvalue weighted by Gasteiger charge is -2.01. The molecule has 0 fully saturated rings. The number of aliphatic carboxylic acids is 1. The van der Waals surface area contributed by atoms with Gasteiger partial charge in [0.1, 0.15) is 0 Å². The van der Waals surface area contributed by atoms with Gasteiger partial charge in [-0.15, -0.1) is 0 Å². The Balaban J connectivity index is 0. The molecule has 0 aromatic heterocycles. The average molecular weight is 416 g/mol. The highest BCUT2D eigenvalue weighted by Gasteiger charge is 1.92. The van der Waals surface area contributed by atoms with Crippen LogP contribution in [-0.2, 0) is 4.79 Å². The van der Waals surface area contributed by atoms with Gasteiger partial charge in [0.25, 0.3) is 0 Å². The molecule has 0 aliphatic heterocycles. The fourth-order valence-electron chi connectivity index (χ4n) is 2.75. The molecule has 0 radical (unpaired) electrons. The largest absolute Gasteiger partial charge is 0.478 e. The number of benzene rings is 1. The van der Waals surface area contributed by atoms with E-state index in [2.05, 4.69) is 18.7 Å². The second-order valence-electron chi connectivity index (χ2n) is 6.99. The topological polar surface area (TPSA) is 63.3 Å². The summed E-state index contributed by atoms with van der Waals surface area (Å²) in [6.45, 7) is 2.27. The third-order valence-corrected chi connectivity index (χ3v) is 4.35. The van der Waals surface area contributed by atoms with Crippen molar-refractivity contribution in [2.45, 2.75) is 84.0 Å². The first kappa shape index (κ1) is 30.1. The van der Waals surface area contributed by atoms with Crippen LogP contribution in [0.15, 0.2) is 72.9 Å². The van der Waals surface area contributed by atoms with E-state index in [4.69, 9.17) is 5.11 Å². The van der Waals surface area contributed by atoms with Gasteiger partial charge in [0.05, 0.1) is 0 Å². The summed E-state index contributed by atoms with van der Waals surface area (Å²) in [5.74, 6) is -0.908. The Kier molecular flexibility index (Phi) is 29.1. The van der Waals surface area contributed by atoms with Crippen molar-refractivity contribution in [2.24, 2.45) is 5.73 Å². The third-order valence-electron chi connectivity index (χ3n) is 4.35. The number of unbranched alkanes of at least 4 members (excludes halogenated alkanes) is 11. The van der Waals surface area contributed by atoms with Crippen LogP contribution in [0, 0.1) is 0 Å². The highest BCUT2D eigenvalue weighted by molar-refractivity contribution is 5.80. The molecule has 3 nitrogen and oxygen atoms in total. The van der Waals surface area contributed by atoms with Gasteiger partial charge in [0.2, 0.25) is 0 Å². The minimum Gasteiger partial charge on any atom is -0.478 e. The molecule has 1 aromatic carbocycles. The molecule has 0 heterocycles. The summed E-state index contributed by atoms with van der Waals surface area (Å²) in [4.78, 5) is 10.2. The van der Waals surface area contributed by atoms with E-state index in [1.807, 2.05) is 48.6 Å². The van der Waals surface area contributed by atoms with Crippen molar-refractivity contribution in [1.29, 1.82) is 0 Å². The molecule has 1 rings (SSSR count). The standard InChI is InChI=1S/C20H34O2.C6H6.CH5N/c1-2-3-4-5-6-7-8-9-10-11-12-13-14-15-16-17-18-19-20(21)22;1-2-4-6-5-3-1;1-2/h14-19H,2-13H2,1H3,(H,21,22);1-6H;2H2,1H3. The van der Waals surface area contributed by atoms with E-state index in [0.717, 1.165) is 12.5 Å². The molecule has 0 unspecified atom stereocenters. The number of rotatable bonds is 15. The maximum atomic E-state index is 10.2. The van der Waals surface area contributed by atoms with Gasteiger partial charge >= 0.3 is 5.97 Å². The number of carboxylic acids is 1. The van der Waals surface area contributed by atoms with Crippen LogP contribution in [0.1, 0.15) is 84.0 Å². The molecular formula is C27H45NO2. The zero-order valence-electron chi connectivity index (χ0n) is 19.3. The van der Waals surface area contributed by atoms with Crippen LogP contribution in [0.5, 0.6) is 0 Å². The van der Waals surface area contributed by atoms with Gasteiger partial charge in [-0.2, -0.15) is 0 Å². The number of hydrogen-bond acceptors (Lipinski definition) is 2. The van der Waals surface area contributed by atoms with Crippen molar-refractivity contribution in [3.63, 3.8) is 0 Å². The molecule has 0 aliphatic carbocycles. The van der Waals surface area contributed by atoms with Crippen molar-refractivity contribution in [1.82, 2.24) is 0 Å². The predicted molar refractivity (Wildman–Crippen MR) is 133 cm³/mol. The number of carboxylic acid groups (broad SMARTS) is 1. The van der Waals surface area contributed by atoms with Gasteiger partial charge in [-0.25, -0.2) is 4.79 Å². The van der Waals surface area contributed by atoms with Gasteiger partial charge < -0.3 is 10.8 Å². The fourth-order valence-corrected chi connectivity index (χ4v) is 2.75. The molecule has 0 spiro atoms. The lowest BCUT2D eigenvalue weighted by molar-refractivity contribution is -0.131. The van der Waals surface area contributed by atoms with Crippen LogP contribution < -0.4 is 5.73 Å². The Labute approximate surface area is 185 Å². The van der Waals surface area contributed by atoms with Gasteiger partial charge in [-0.1, -0.05) is 138 Å². The van der Waals surface area contributed by atoms with E-state index in [1.165, 1.54) is 83.8 Å². The summed E-state index contributed by atoms with van der Waals surface area (Å²) in [7, 11) is 1.50. The lowest BCUT2D eigenvalue weighted by atomic mass is 10.1.